The van der Waals surface area contributed by atoms with Crippen molar-refractivity contribution in [1.82, 2.24) is 5.32 Å². The van der Waals surface area contributed by atoms with E-state index < -0.39 is 21.6 Å². The molecule has 8 heteroatoms. The third-order valence-corrected chi connectivity index (χ3v) is 3.28. The van der Waals surface area contributed by atoms with Gasteiger partial charge in [0.2, 0.25) is 0 Å². The van der Waals surface area contributed by atoms with Crippen LogP contribution in [0.3, 0.4) is 0 Å². The maximum Gasteiger partial charge on any atom is 0.292 e. The maximum absolute atomic E-state index is 11.8. The third-order valence-electron chi connectivity index (χ3n) is 2.42. The lowest BCUT2D eigenvalue weighted by Gasteiger charge is -2.07. The summed E-state index contributed by atoms with van der Waals surface area (Å²) in [6, 6.07) is 4.08. The van der Waals surface area contributed by atoms with Crippen LogP contribution in [0.25, 0.3) is 0 Å². The summed E-state index contributed by atoms with van der Waals surface area (Å²) in [5, 5.41) is 13.3. The number of hydrogen-bond acceptors (Lipinski definition) is 5. The molecule has 1 unspecified atom stereocenters. The molecule has 0 saturated heterocycles. The van der Waals surface area contributed by atoms with Gasteiger partial charge in [0, 0.05) is 35.4 Å². The van der Waals surface area contributed by atoms with E-state index >= 15 is 0 Å². The zero-order valence-corrected chi connectivity index (χ0v) is 11.2. The molecule has 3 N–H and O–H groups in total. The summed E-state index contributed by atoms with van der Waals surface area (Å²) in [4.78, 5) is 21.9. The van der Waals surface area contributed by atoms with Gasteiger partial charge in [-0.1, -0.05) is 6.07 Å². The number of nitro benzene ring substituents is 1. The second-order valence-electron chi connectivity index (χ2n) is 3.88. The number of carbonyl (C=O) groups is 1. The Morgan fingerprint density at radius 2 is 2.21 bits per heavy atom. The molecule has 0 spiro atoms. The van der Waals surface area contributed by atoms with Crippen LogP contribution in [0, 0.1) is 10.1 Å². The van der Waals surface area contributed by atoms with E-state index in [2.05, 4.69) is 5.32 Å². The summed E-state index contributed by atoms with van der Waals surface area (Å²) in [6.45, 7) is 0.348. The third kappa shape index (κ3) is 4.32. The maximum atomic E-state index is 11.8. The summed E-state index contributed by atoms with van der Waals surface area (Å²) < 4.78 is 10.8. The molecular weight excluding hydrogens is 270 g/mol. The van der Waals surface area contributed by atoms with E-state index in [4.69, 9.17) is 5.73 Å². The van der Waals surface area contributed by atoms with Crippen molar-refractivity contribution < 1.29 is 13.9 Å². The van der Waals surface area contributed by atoms with Crippen LogP contribution in [0.1, 0.15) is 16.8 Å². The highest BCUT2D eigenvalue weighted by Crippen LogP contribution is 2.24. The molecule has 0 aliphatic heterocycles. The monoisotopic (exact) mass is 285 g/mol. The number of anilines is 1. The highest BCUT2D eigenvalue weighted by Gasteiger charge is 2.18. The number of nitro groups is 1. The molecule has 1 aromatic carbocycles. The van der Waals surface area contributed by atoms with Gasteiger partial charge in [-0.15, -0.1) is 0 Å². The van der Waals surface area contributed by atoms with Crippen LogP contribution in [0.2, 0.25) is 0 Å². The quantitative estimate of drug-likeness (QED) is 0.345. The minimum Gasteiger partial charge on any atom is -0.393 e. The first-order chi connectivity index (χ1) is 8.93. The van der Waals surface area contributed by atoms with E-state index in [0.717, 1.165) is 0 Å². The molecule has 1 amide bonds. The van der Waals surface area contributed by atoms with Crippen LogP contribution in [0.5, 0.6) is 0 Å². The van der Waals surface area contributed by atoms with Crippen molar-refractivity contribution in [3.63, 3.8) is 0 Å². The van der Waals surface area contributed by atoms with Crippen LogP contribution < -0.4 is 11.1 Å². The minimum atomic E-state index is -0.904. The van der Waals surface area contributed by atoms with Crippen molar-refractivity contribution in [2.24, 2.45) is 0 Å². The fourth-order valence-corrected chi connectivity index (χ4v) is 2.03. The normalized spacial score (nSPS) is 11.8. The Morgan fingerprint density at radius 1 is 1.53 bits per heavy atom. The van der Waals surface area contributed by atoms with Gasteiger partial charge in [-0.05, 0) is 12.5 Å². The summed E-state index contributed by atoms with van der Waals surface area (Å²) >= 11 is 0. The summed E-state index contributed by atoms with van der Waals surface area (Å²) in [7, 11) is -0.904. The molecule has 0 bridgehead atoms. The molecule has 1 atom stereocenters. The number of nitrogens with one attached hydrogen (secondary N) is 1. The number of para-hydroxylation sites is 1. The number of rotatable bonds is 6. The van der Waals surface area contributed by atoms with Crippen LogP contribution in [-0.2, 0) is 10.8 Å². The molecule has 0 aliphatic rings. The molecule has 0 aromatic heterocycles. The molecule has 7 nitrogen and oxygen atoms in total. The lowest BCUT2D eigenvalue weighted by molar-refractivity contribution is -0.383. The molecule has 0 radical (unpaired) electrons. The smallest absolute Gasteiger partial charge is 0.292 e. The first-order valence-electron chi connectivity index (χ1n) is 5.54. The molecule has 1 aromatic rings. The lowest BCUT2D eigenvalue weighted by atomic mass is 10.1. The van der Waals surface area contributed by atoms with Crippen molar-refractivity contribution in [1.29, 1.82) is 0 Å². The second kappa shape index (κ2) is 6.83. The van der Waals surface area contributed by atoms with Crippen molar-refractivity contribution in [3.8, 4) is 0 Å². The van der Waals surface area contributed by atoms with Gasteiger partial charge < -0.3 is 11.1 Å². The minimum absolute atomic E-state index is 0.0758. The molecule has 0 aliphatic carbocycles. The Bertz CT molecular complexity index is 519. The van der Waals surface area contributed by atoms with Crippen molar-refractivity contribution in [3.05, 3.63) is 33.9 Å². The zero-order chi connectivity index (χ0) is 14.4. The van der Waals surface area contributed by atoms with Gasteiger partial charge in [0.15, 0.2) is 0 Å². The summed E-state index contributed by atoms with van der Waals surface area (Å²) in [6.07, 6.45) is 2.16. The molecule has 0 heterocycles. The van der Waals surface area contributed by atoms with Gasteiger partial charge in [-0.25, -0.2) is 0 Å². The SMILES string of the molecule is CS(=O)CCCNC(=O)c1cccc([N+](=O)[O-])c1N. The molecule has 0 saturated carbocycles. The Labute approximate surface area is 112 Å². The van der Waals surface area contributed by atoms with Gasteiger partial charge in [0.25, 0.3) is 11.6 Å². The van der Waals surface area contributed by atoms with Gasteiger partial charge >= 0.3 is 0 Å². The number of nitrogen functional groups attached to an aromatic ring is 1. The van der Waals surface area contributed by atoms with Gasteiger partial charge in [0.1, 0.15) is 5.69 Å². The standard InChI is InChI=1S/C11H15N3O4S/c1-19(18)7-3-6-13-11(15)8-4-2-5-9(10(8)12)14(16)17/h2,4-5H,3,6-7,12H2,1H3,(H,13,15). The number of amides is 1. The highest BCUT2D eigenvalue weighted by atomic mass is 32.2. The first-order valence-corrected chi connectivity index (χ1v) is 7.27. The van der Waals surface area contributed by atoms with E-state index in [1.807, 2.05) is 0 Å². The summed E-state index contributed by atoms with van der Waals surface area (Å²) in [5.74, 6) is 0.0214. The zero-order valence-electron chi connectivity index (χ0n) is 10.4. The van der Waals surface area contributed by atoms with E-state index in [1.54, 1.807) is 6.26 Å². The molecule has 1 rings (SSSR count). The fourth-order valence-electron chi connectivity index (χ4n) is 1.48. The molecule has 19 heavy (non-hydrogen) atoms. The molecular formula is C11H15N3O4S. The number of nitrogens with two attached hydrogens (primary N) is 1. The van der Waals surface area contributed by atoms with Crippen LogP contribution in [0.15, 0.2) is 18.2 Å². The average molecular weight is 285 g/mol. The Balaban J connectivity index is 2.70. The van der Waals surface area contributed by atoms with Crippen molar-refractivity contribution in [2.45, 2.75) is 6.42 Å². The largest absolute Gasteiger partial charge is 0.393 e. The Morgan fingerprint density at radius 3 is 2.79 bits per heavy atom. The Hall–Kier alpha value is -1.96. The van der Waals surface area contributed by atoms with E-state index in [9.17, 15) is 19.1 Å². The number of nitrogens with zero attached hydrogens (tertiary/aromatic N) is 1. The van der Waals surface area contributed by atoms with Gasteiger partial charge in [-0.3, -0.25) is 19.1 Å². The lowest BCUT2D eigenvalue weighted by Crippen LogP contribution is -2.26. The van der Waals surface area contributed by atoms with E-state index in [-0.39, 0.29) is 16.9 Å². The van der Waals surface area contributed by atoms with Crippen LogP contribution in [0.4, 0.5) is 11.4 Å². The van der Waals surface area contributed by atoms with Crippen molar-refractivity contribution >= 4 is 28.1 Å². The number of hydrogen-bond donors (Lipinski definition) is 2. The predicted molar refractivity (Wildman–Crippen MR) is 73.4 cm³/mol. The van der Waals surface area contributed by atoms with Crippen LogP contribution in [-0.4, -0.2) is 33.6 Å². The second-order valence-corrected chi connectivity index (χ2v) is 5.44. The van der Waals surface area contributed by atoms with E-state index in [0.29, 0.717) is 18.7 Å². The van der Waals surface area contributed by atoms with Gasteiger partial charge in [0.05, 0.1) is 10.5 Å². The molecule has 104 valence electrons. The fraction of sp³-hybridized carbons (Fsp3) is 0.364. The first kappa shape index (κ1) is 15.1. The number of benzene rings is 1. The van der Waals surface area contributed by atoms with E-state index in [1.165, 1.54) is 18.2 Å². The highest BCUT2D eigenvalue weighted by molar-refractivity contribution is 7.84. The topological polar surface area (TPSA) is 115 Å². The Kier molecular flexibility index (Phi) is 5.43. The predicted octanol–water partition coefficient (Wildman–Crippen LogP) is 0.675. The van der Waals surface area contributed by atoms with Crippen LogP contribution >= 0.6 is 0 Å². The molecule has 0 fully saturated rings. The van der Waals surface area contributed by atoms with Gasteiger partial charge in [-0.2, -0.15) is 0 Å². The number of carbonyl (C=O) groups excluding carboxylic acids is 1. The average Bonchev–Trinajstić information content (AvgIpc) is 2.34. The van der Waals surface area contributed by atoms with Crippen molar-refractivity contribution in [2.75, 3.05) is 24.3 Å². The summed E-state index contributed by atoms with van der Waals surface area (Å²) in [5.41, 5.74) is 5.22.